The molecular formula is C24H31N5O4. The zero-order valence-electron chi connectivity index (χ0n) is 19.4. The summed E-state index contributed by atoms with van der Waals surface area (Å²) in [5, 5.41) is 7.08. The number of amides is 2. The maximum absolute atomic E-state index is 12.9. The van der Waals surface area contributed by atoms with Gasteiger partial charge in [-0.2, -0.15) is 5.10 Å². The number of nitrogens with zero attached hydrogens (tertiary/aromatic N) is 4. The fourth-order valence-corrected chi connectivity index (χ4v) is 4.65. The van der Waals surface area contributed by atoms with Gasteiger partial charge in [-0.15, -0.1) is 0 Å². The number of aryl methyl sites for hydroxylation is 2. The summed E-state index contributed by atoms with van der Waals surface area (Å²) in [7, 11) is 3.21. The van der Waals surface area contributed by atoms with Crippen LogP contribution in [0.1, 0.15) is 35.4 Å². The lowest BCUT2D eigenvalue weighted by Gasteiger charge is -2.37. The molecule has 0 spiro atoms. The van der Waals surface area contributed by atoms with Gasteiger partial charge in [0.25, 0.3) is 5.91 Å². The SMILES string of the molecule is COC(=O)C1CCC(C(=O)N2CCN(c3ccc(NC(=O)c4cc(C)n(C)n4)cc3)CC2)C1. The van der Waals surface area contributed by atoms with Crippen molar-refractivity contribution in [3.63, 3.8) is 0 Å². The minimum absolute atomic E-state index is 0.0774. The lowest BCUT2D eigenvalue weighted by molar-refractivity contribution is -0.145. The number of benzene rings is 1. The first kappa shape index (κ1) is 22.8. The zero-order chi connectivity index (χ0) is 23.5. The average Bonchev–Trinajstić information content (AvgIpc) is 3.46. The predicted octanol–water partition coefficient (Wildman–Crippen LogP) is 2.22. The smallest absolute Gasteiger partial charge is 0.308 e. The van der Waals surface area contributed by atoms with Crippen molar-refractivity contribution in [2.75, 3.05) is 43.5 Å². The van der Waals surface area contributed by atoms with E-state index in [1.54, 1.807) is 17.8 Å². The highest BCUT2D eigenvalue weighted by molar-refractivity contribution is 6.03. The second-order valence-electron chi connectivity index (χ2n) is 8.84. The summed E-state index contributed by atoms with van der Waals surface area (Å²) in [6, 6.07) is 9.48. The van der Waals surface area contributed by atoms with Gasteiger partial charge in [0.2, 0.25) is 5.91 Å². The van der Waals surface area contributed by atoms with Crippen LogP contribution in [-0.2, 0) is 21.4 Å². The number of aromatic nitrogens is 2. The Bertz CT molecular complexity index is 1000. The van der Waals surface area contributed by atoms with Crippen LogP contribution in [0.15, 0.2) is 30.3 Å². The maximum atomic E-state index is 12.9. The Morgan fingerprint density at radius 1 is 1.03 bits per heavy atom. The molecular weight excluding hydrogens is 422 g/mol. The van der Waals surface area contributed by atoms with Gasteiger partial charge in [0.05, 0.1) is 13.0 Å². The molecule has 1 saturated heterocycles. The van der Waals surface area contributed by atoms with Crippen LogP contribution < -0.4 is 10.2 Å². The van der Waals surface area contributed by atoms with Gasteiger partial charge in [0.1, 0.15) is 0 Å². The molecule has 1 aromatic heterocycles. The fourth-order valence-electron chi connectivity index (χ4n) is 4.65. The van der Waals surface area contributed by atoms with Crippen molar-refractivity contribution in [3.8, 4) is 0 Å². The molecule has 9 heteroatoms. The third kappa shape index (κ3) is 5.02. The van der Waals surface area contributed by atoms with Crippen molar-refractivity contribution in [2.24, 2.45) is 18.9 Å². The number of piperazine rings is 1. The number of hydrogen-bond acceptors (Lipinski definition) is 6. The summed E-state index contributed by atoms with van der Waals surface area (Å²) in [6.07, 6.45) is 2.08. The van der Waals surface area contributed by atoms with Crippen LogP contribution >= 0.6 is 0 Å². The molecule has 2 fully saturated rings. The molecule has 2 aromatic rings. The van der Waals surface area contributed by atoms with Crippen LogP contribution in [0.5, 0.6) is 0 Å². The largest absolute Gasteiger partial charge is 0.469 e. The Labute approximate surface area is 193 Å². The summed E-state index contributed by atoms with van der Waals surface area (Å²) >= 11 is 0. The van der Waals surface area contributed by atoms with E-state index < -0.39 is 0 Å². The number of hydrogen-bond donors (Lipinski definition) is 1. The van der Waals surface area contributed by atoms with Gasteiger partial charge < -0.3 is 19.9 Å². The summed E-state index contributed by atoms with van der Waals surface area (Å²) in [6.45, 7) is 4.72. The van der Waals surface area contributed by atoms with E-state index in [1.807, 2.05) is 36.1 Å². The van der Waals surface area contributed by atoms with E-state index in [-0.39, 0.29) is 29.6 Å². The Balaban J connectivity index is 1.28. The first-order valence-electron chi connectivity index (χ1n) is 11.4. The number of ether oxygens (including phenoxy) is 1. The van der Waals surface area contributed by atoms with Gasteiger partial charge in [-0.25, -0.2) is 0 Å². The molecule has 1 N–H and O–H groups in total. The first-order chi connectivity index (χ1) is 15.9. The third-order valence-electron chi connectivity index (χ3n) is 6.74. The molecule has 176 valence electrons. The van der Waals surface area contributed by atoms with E-state index in [0.717, 1.165) is 37.3 Å². The third-order valence-corrected chi connectivity index (χ3v) is 6.74. The number of nitrogens with one attached hydrogen (secondary N) is 1. The highest BCUT2D eigenvalue weighted by Gasteiger charge is 2.37. The number of carbonyl (C=O) groups excluding carboxylic acids is 3. The lowest BCUT2D eigenvalue weighted by atomic mass is 10.0. The Morgan fingerprint density at radius 2 is 1.70 bits per heavy atom. The Morgan fingerprint density at radius 3 is 2.30 bits per heavy atom. The van der Waals surface area contributed by atoms with Gasteiger partial charge >= 0.3 is 5.97 Å². The van der Waals surface area contributed by atoms with Crippen LogP contribution in [-0.4, -0.2) is 65.8 Å². The quantitative estimate of drug-likeness (QED) is 0.698. The van der Waals surface area contributed by atoms with Gasteiger partial charge in [0.15, 0.2) is 5.69 Å². The molecule has 2 amide bonds. The number of carbonyl (C=O) groups is 3. The molecule has 2 atom stereocenters. The van der Waals surface area contributed by atoms with Crippen molar-refractivity contribution in [1.82, 2.24) is 14.7 Å². The van der Waals surface area contributed by atoms with Gasteiger partial charge in [-0.05, 0) is 56.5 Å². The number of esters is 1. The topological polar surface area (TPSA) is 96.8 Å². The molecule has 1 aromatic carbocycles. The van der Waals surface area contributed by atoms with Crippen LogP contribution in [0.25, 0.3) is 0 Å². The molecule has 4 rings (SSSR count). The monoisotopic (exact) mass is 453 g/mol. The second-order valence-corrected chi connectivity index (χ2v) is 8.84. The fraction of sp³-hybridized carbons (Fsp3) is 0.500. The summed E-state index contributed by atoms with van der Waals surface area (Å²) < 4.78 is 6.50. The van der Waals surface area contributed by atoms with Crippen molar-refractivity contribution < 1.29 is 19.1 Å². The summed E-state index contributed by atoms with van der Waals surface area (Å²) in [5.74, 6) is -0.508. The second kappa shape index (κ2) is 9.64. The molecule has 0 bridgehead atoms. The van der Waals surface area contributed by atoms with E-state index in [1.165, 1.54) is 7.11 Å². The van der Waals surface area contributed by atoms with Crippen molar-refractivity contribution in [2.45, 2.75) is 26.2 Å². The Hall–Kier alpha value is -3.36. The van der Waals surface area contributed by atoms with Crippen molar-refractivity contribution in [3.05, 3.63) is 41.7 Å². The highest BCUT2D eigenvalue weighted by Crippen LogP contribution is 2.33. The molecule has 1 saturated carbocycles. The molecule has 2 heterocycles. The van der Waals surface area contributed by atoms with Gasteiger partial charge in [0, 0.05) is 56.2 Å². The van der Waals surface area contributed by atoms with Crippen LogP contribution in [0.2, 0.25) is 0 Å². The van der Waals surface area contributed by atoms with Crippen molar-refractivity contribution in [1.29, 1.82) is 0 Å². The van der Waals surface area contributed by atoms with E-state index >= 15 is 0 Å². The van der Waals surface area contributed by atoms with Crippen molar-refractivity contribution >= 4 is 29.2 Å². The molecule has 2 unspecified atom stereocenters. The van der Waals surface area contributed by atoms with E-state index in [4.69, 9.17) is 4.74 Å². The lowest BCUT2D eigenvalue weighted by Crippen LogP contribution is -2.50. The number of anilines is 2. The molecule has 0 radical (unpaired) electrons. The molecule has 1 aliphatic heterocycles. The first-order valence-corrected chi connectivity index (χ1v) is 11.4. The van der Waals surface area contributed by atoms with E-state index in [2.05, 4.69) is 15.3 Å². The minimum Gasteiger partial charge on any atom is -0.469 e. The van der Waals surface area contributed by atoms with E-state index in [9.17, 15) is 14.4 Å². The molecule has 1 aliphatic carbocycles. The Kier molecular flexibility index (Phi) is 6.67. The maximum Gasteiger partial charge on any atom is 0.308 e. The number of rotatable bonds is 5. The van der Waals surface area contributed by atoms with Gasteiger partial charge in [-0.1, -0.05) is 0 Å². The van der Waals surface area contributed by atoms with E-state index in [0.29, 0.717) is 30.9 Å². The van der Waals surface area contributed by atoms with Crippen LogP contribution in [0, 0.1) is 18.8 Å². The predicted molar refractivity (Wildman–Crippen MR) is 124 cm³/mol. The molecule has 2 aliphatic rings. The normalized spacial score (nSPS) is 20.6. The van der Waals surface area contributed by atoms with Gasteiger partial charge in [-0.3, -0.25) is 19.1 Å². The zero-order valence-corrected chi connectivity index (χ0v) is 19.4. The highest BCUT2D eigenvalue weighted by atomic mass is 16.5. The minimum atomic E-state index is -0.236. The van der Waals surface area contributed by atoms with Crippen LogP contribution in [0.3, 0.4) is 0 Å². The average molecular weight is 454 g/mol. The number of methoxy groups -OCH3 is 1. The molecule has 9 nitrogen and oxygen atoms in total. The van der Waals surface area contributed by atoms with Crippen LogP contribution in [0.4, 0.5) is 11.4 Å². The standard InChI is InChI=1S/C24H31N5O4/c1-16-14-21(26-27(16)2)22(30)25-19-6-8-20(9-7-19)28-10-12-29(13-11-28)23(31)17-4-5-18(15-17)24(32)33-3/h6-9,14,17-18H,4-5,10-13,15H2,1-3H3,(H,25,30). The molecule has 33 heavy (non-hydrogen) atoms. The summed E-state index contributed by atoms with van der Waals surface area (Å²) in [4.78, 5) is 41.2. The summed E-state index contributed by atoms with van der Waals surface area (Å²) in [5.41, 5.74) is 3.08.